The fourth-order valence-corrected chi connectivity index (χ4v) is 6.06. The van der Waals surface area contributed by atoms with Crippen LogP contribution in [0.15, 0.2) is 47.4 Å². The number of pyridine rings is 1. The van der Waals surface area contributed by atoms with Crippen LogP contribution in [0.5, 0.6) is 0 Å². The van der Waals surface area contributed by atoms with Gasteiger partial charge in [0.1, 0.15) is 5.56 Å². The minimum Gasteiger partial charge on any atom is -0.477 e. The molecule has 0 unspecified atom stereocenters. The Labute approximate surface area is 215 Å². The monoisotopic (exact) mass is 506 g/mol. The highest BCUT2D eigenvalue weighted by atomic mass is 19.1. The largest absolute Gasteiger partial charge is 0.477 e. The second kappa shape index (κ2) is 9.49. The smallest absolute Gasteiger partial charge is 0.341 e. The number of nitrogens with zero attached hydrogens (tertiary/aromatic N) is 1. The number of carboxylic acids is 1. The van der Waals surface area contributed by atoms with Gasteiger partial charge in [-0.15, -0.1) is 0 Å². The summed E-state index contributed by atoms with van der Waals surface area (Å²) in [6.07, 6.45) is 6.01. The quantitative estimate of drug-likeness (QED) is 0.295. The van der Waals surface area contributed by atoms with Gasteiger partial charge in [-0.1, -0.05) is 43.7 Å². The zero-order valence-corrected chi connectivity index (χ0v) is 21.6. The van der Waals surface area contributed by atoms with Crippen LogP contribution in [-0.2, 0) is 0 Å². The van der Waals surface area contributed by atoms with Gasteiger partial charge in [-0.05, 0) is 51.2 Å². The van der Waals surface area contributed by atoms with Gasteiger partial charge in [-0.2, -0.15) is 0 Å². The van der Waals surface area contributed by atoms with E-state index in [1.807, 2.05) is 19.9 Å². The molecule has 1 aromatic heterocycles. The molecule has 196 valence electrons. The zero-order valence-electron chi connectivity index (χ0n) is 21.6. The van der Waals surface area contributed by atoms with E-state index in [0.717, 1.165) is 32.1 Å². The van der Waals surface area contributed by atoms with Crippen molar-refractivity contribution >= 4 is 28.2 Å². The molecule has 1 heterocycles. The third-order valence-electron chi connectivity index (χ3n) is 7.95. The molecule has 2 atom stereocenters. The number of nitrogen functional groups attached to an aromatic ring is 1. The number of nitrogens with one attached hydrogen (secondary N) is 2. The third-order valence-corrected chi connectivity index (χ3v) is 7.95. The minimum absolute atomic E-state index is 0.0879. The van der Waals surface area contributed by atoms with Crippen LogP contribution in [0.2, 0.25) is 0 Å². The molecule has 5 rings (SSSR count). The molecule has 5 N–H and O–H groups in total. The molecule has 0 radical (unpaired) electrons. The molecular weight excluding hydrogens is 471 g/mol. The molecule has 0 spiro atoms. The first-order valence-electron chi connectivity index (χ1n) is 13.1. The SMILES string of the molecule is CCCC1(Nc2cc3c(c(N)c2F)c(=O)c(C(=O)O)cn3C(C)C)CC(N[C@@H]2C[C@H]2c2ccccc2)C1. The lowest BCUT2D eigenvalue weighted by atomic mass is 9.69. The fraction of sp³-hybridized carbons (Fsp3) is 0.448. The number of aromatic nitrogens is 1. The van der Waals surface area contributed by atoms with E-state index in [1.54, 1.807) is 10.6 Å². The molecule has 3 aromatic rings. The Morgan fingerprint density at radius 2 is 1.97 bits per heavy atom. The summed E-state index contributed by atoms with van der Waals surface area (Å²) >= 11 is 0. The molecule has 8 heteroatoms. The number of aromatic carboxylic acids is 1. The summed E-state index contributed by atoms with van der Waals surface area (Å²) in [5.74, 6) is -1.51. The summed E-state index contributed by atoms with van der Waals surface area (Å²) in [5.41, 5.74) is 6.43. The Hall–Kier alpha value is -3.39. The molecular formula is C29H35FN4O3. The lowest BCUT2D eigenvalue weighted by molar-refractivity contribution is 0.0694. The molecule has 2 aromatic carbocycles. The van der Waals surface area contributed by atoms with Crippen LogP contribution in [-0.4, -0.2) is 33.3 Å². The van der Waals surface area contributed by atoms with Crippen molar-refractivity contribution in [3.8, 4) is 0 Å². The molecule has 2 fully saturated rings. The molecule has 0 amide bonds. The van der Waals surface area contributed by atoms with Crippen molar-refractivity contribution < 1.29 is 14.3 Å². The number of halogens is 1. The molecule has 37 heavy (non-hydrogen) atoms. The van der Waals surface area contributed by atoms with Crippen molar-refractivity contribution in [3.63, 3.8) is 0 Å². The van der Waals surface area contributed by atoms with Gasteiger partial charge >= 0.3 is 5.97 Å². The van der Waals surface area contributed by atoms with Crippen molar-refractivity contribution in [2.45, 2.75) is 82.5 Å². The number of fused-ring (bicyclic) bond motifs is 1. The predicted molar refractivity (Wildman–Crippen MR) is 145 cm³/mol. The number of rotatable bonds is 9. The van der Waals surface area contributed by atoms with E-state index in [0.29, 0.717) is 23.5 Å². The molecule has 7 nitrogen and oxygen atoms in total. The molecule has 0 aliphatic heterocycles. The summed E-state index contributed by atoms with van der Waals surface area (Å²) in [6, 6.07) is 12.8. The first kappa shape index (κ1) is 25.3. The number of hydrogen-bond acceptors (Lipinski definition) is 5. The molecule has 2 aliphatic carbocycles. The molecule has 2 aliphatic rings. The lowest BCUT2D eigenvalue weighted by Gasteiger charge is -2.49. The highest BCUT2D eigenvalue weighted by Crippen LogP contribution is 2.46. The van der Waals surface area contributed by atoms with Gasteiger partial charge < -0.3 is 26.0 Å². The van der Waals surface area contributed by atoms with Crippen LogP contribution < -0.4 is 21.8 Å². The number of anilines is 2. The lowest BCUT2D eigenvalue weighted by Crippen LogP contribution is -2.58. The van der Waals surface area contributed by atoms with Crippen molar-refractivity contribution in [1.29, 1.82) is 0 Å². The van der Waals surface area contributed by atoms with Gasteiger partial charge in [-0.25, -0.2) is 9.18 Å². The summed E-state index contributed by atoms with van der Waals surface area (Å²) in [6.45, 7) is 5.87. The fourth-order valence-electron chi connectivity index (χ4n) is 6.06. The van der Waals surface area contributed by atoms with E-state index in [4.69, 9.17) is 5.73 Å². The van der Waals surface area contributed by atoms with Crippen LogP contribution in [0.4, 0.5) is 15.8 Å². The van der Waals surface area contributed by atoms with Gasteiger partial charge in [0.2, 0.25) is 5.43 Å². The summed E-state index contributed by atoms with van der Waals surface area (Å²) in [4.78, 5) is 24.6. The number of carboxylic acid groups (broad SMARTS) is 1. The standard InChI is InChI=1S/C29H35FN4O3/c1-4-10-29(13-18(14-29)32-21-11-19(21)17-8-6-5-7-9-17)33-22-12-23-24(26(31)25(22)30)27(35)20(28(36)37)15-34(23)16(2)3/h5-9,12,15-16,18-19,21,32-33H,4,10-11,13-14,31H2,1-3H3,(H,36,37)/t18?,19-,21+,29?/m0/s1. The van der Waals surface area contributed by atoms with E-state index < -0.39 is 22.8 Å². The molecule has 0 saturated heterocycles. The molecule has 2 saturated carbocycles. The predicted octanol–water partition coefficient (Wildman–Crippen LogP) is 5.26. The van der Waals surface area contributed by atoms with Gasteiger partial charge in [-0.3, -0.25) is 4.79 Å². The van der Waals surface area contributed by atoms with Crippen LogP contribution in [0, 0.1) is 5.82 Å². The van der Waals surface area contributed by atoms with Crippen molar-refractivity contribution in [1.82, 2.24) is 9.88 Å². The topological polar surface area (TPSA) is 109 Å². The Morgan fingerprint density at radius 3 is 2.59 bits per heavy atom. The molecule has 0 bridgehead atoms. The van der Waals surface area contributed by atoms with Gasteiger partial charge in [0.15, 0.2) is 5.82 Å². The van der Waals surface area contributed by atoms with E-state index in [2.05, 4.69) is 41.8 Å². The van der Waals surface area contributed by atoms with Gasteiger partial charge in [0, 0.05) is 35.8 Å². The third kappa shape index (κ3) is 4.59. The number of benzene rings is 2. The first-order valence-corrected chi connectivity index (χ1v) is 13.1. The number of hydrogen-bond donors (Lipinski definition) is 4. The highest BCUT2D eigenvalue weighted by molar-refractivity contribution is 5.99. The van der Waals surface area contributed by atoms with Gasteiger partial charge in [0.05, 0.1) is 22.3 Å². The van der Waals surface area contributed by atoms with Crippen molar-refractivity contribution in [3.05, 3.63) is 69.8 Å². The van der Waals surface area contributed by atoms with Crippen LogP contribution in [0.25, 0.3) is 10.9 Å². The van der Waals surface area contributed by atoms with Crippen LogP contribution in [0.1, 0.15) is 80.8 Å². The second-order valence-corrected chi connectivity index (χ2v) is 11.0. The average Bonchev–Trinajstić information content (AvgIpc) is 3.60. The highest BCUT2D eigenvalue weighted by Gasteiger charge is 2.48. The van der Waals surface area contributed by atoms with Crippen LogP contribution in [0.3, 0.4) is 0 Å². The van der Waals surface area contributed by atoms with Gasteiger partial charge in [0.25, 0.3) is 0 Å². The Balaban J connectivity index is 1.40. The Bertz CT molecular complexity index is 1400. The van der Waals surface area contributed by atoms with Crippen molar-refractivity contribution in [2.75, 3.05) is 11.1 Å². The summed E-state index contributed by atoms with van der Waals surface area (Å²) in [5, 5.41) is 16.7. The summed E-state index contributed by atoms with van der Waals surface area (Å²) < 4.78 is 17.2. The number of carbonyl (C=O) groups is 1. The first-order chi connectivity index (χ1) is 17.6. The Kier molecular flexibility index (Phi) is 6.48. The van der Waals surface area contributed by atoms with E-state index in [1.165, 1.54) is 11.8 Å². The maximum atomic E-state index is 15.6. The van der Waals surface area contributed by atoms with E-state index in [-0.39, 0.29) is 28.3 Å². The number of nitrogens with two attached hydrogens (primary N) is 1. The van der Waals surface area contributed by atoms with E-state index >= 15 is 4.39 Å². The second-order valence-electron chi connectivity index (χ2n) is 11.0. The summed E-state index contributed by atoms with van der Waals surface area (Å²) in [7, 11) is 0. The van der Waals surface area contributed by atoms with Crippen LogP contribution >= 0.6 is 0 Å². The minimum atomic E-state index is -1.36. The van der Waals surface area contributed by atoms with E-state index in [9.17, 15) is 14.7 Å². The average molecular weight is 507 g/mol. The normalized spacial score (nSPS) is 24.7. The van der Waals surface area contributed by atoms with Crippen molar-refractivity contribution in [2.24, 2.45) is 0 Å². The maximum absolute atomic E-state index is 15.6. The zero-order chi connectivity index (χ0) is 26.5. The Morgan fingerprint density at radius 1 is 1.27 bits per heavy atom. The maximum Gasteiger partial charge on any atom is 0.341 e.